The van der Waals surface area contributed by atoms with Crippen molar-refractivity contribution in [3.63, 3.8) is 0 Å². The molecule has 5 rings (SSSR count). The van der Waals surface area contributed by atoms with Gasteiger partial charge in [-0.3, -0.25) is 19.2 Å². The first-order valence-corrected chi connectivity index (χ1v) is 19.5. The van der Waals surface area contributed by atoms with Crippen LogP contribution in [0, 0.1) is 13.8 Å². The molecule has 0 saturated carbocycles. The summed E-state index contributed by atoms with van der Waals surface area (Å²) in [7, 11) is 1.37. The second kappa shape index (κ2) is 19.4. The number of hydrogen-bond acceptors (Lipinski definition) is 12. The number of phenolic OH excluding ortho intramolecular Hbond substituents is 1. The van der Waals surface area contributed by atoms with Crippen LogP contribution in [0.1, 0.15) is 66.1 Å². The van der Waals surface area contributed by atoms with Crippen molar-refractivity contribution in [3.05, 3.63) is 88.7 Å². The Morgan fingerprint density at radius 3 is 2.23 bits per heavy atom. The molecule has 4 bridgehead atoms. The number of aromatic nitrogens is 2. The van der Waals surface area contributed by atoms with E-state index >= 15 is 0 Å². The standard InChI is InChI=1S/C43H52N8O9/c1-22(2)60-29-11-8-27(9-12-29)38-46-23(3)36(24(4)47-38)40(54)49-32(15-16-44)42(56)51(6)37-28-10-14-35(59-18-17-45)31(21-28)30-19-26(7-13-34(30)52)20-33(43(57)58)50-39(53)25(5)48-41(37)55/h7-14,19,21-22,25,32-33,37,52H,15-18,20,44-45H2,1-6H3,(H,48,55)(H,49,54)(H,50,53)(H,57,58)/t25-,32?,33-,37-/m0/s1. The van der Waals surface area contributed by atoms with Crippen molar-refractivity contribution in [2.45, 2.75) is 77.7 Å². The summed E-state index contributed by atoms with van der Waals surface area (Å²) >= 11 is 0. The lowest BCUT2D eigenvalue weighted by Crippen LogP contribution is -2.55. The van der Waals surface area contributed by atoms with Gasteiger partial charge in [-0.2, -0.15) is 0 Å². The number of nitrogens with one attached hydrogen (secondary N) is 3. The summed E-state index contributed by atoms with van der Waals surface area (Å²) in [6.45, 7) is 8.83. The molecule has 3 aromatic carbocycles. The number of rotatable bonds is 13. The number of aromatic hydroxyl groups is 1. The van der Waals surface area contributed by atoms with E-state index in [4.69, 9.17) is 20.9 Å². The highest BCUT2D eigenvalue weighted by Crippen LogP contribution is 2.39. The highest BCUT2D eigenvalue weighted by Gasteiger charge is 2.36. The van der Waals surface area contributed by atoms with Gasteiger partial charge in [-0.1, -0.05) is 12.1 Å². The van der Waals surface area contributed by atoms with E-state index in [1.165, 1.54) is 26.1 Å². The molecule has 60 heavy (non-hydrogen) atoms. The molecule has 1 aliphatic rings. The van der Waals surface area contributed by atoms with Crippen LogP contribution in [-0.4, -0.2) is 106 Å². The molecule has 0 spiro atoms. The summed E-state index contributed by atoms with van der Waals surface area (Å²) in [5, 5.41) is 28.9. The zero-order valence-corrected chi connectivity index (χ0v) is 34.4. The average molecular weight is 825 g/mol. The molecule has 2 heterocycles. The molecule has 1 aromatic heterocycles. The van der Waals surface area contributed by atoms with Gasteiger partial charge in [-0.05, 0) is 107 Å². The smallest absolute Gasteiger partial charge is 0.326 e. The molecule has 0 saturated heterocycles. The molecule has 0 fully saturated rings. The number of carboxylic acid groups (broad SMARTS) is 1. The number of carboxylic acids is 1. The number of aryl methyl sites for hydroxylation is 2. The van der Waals surface area contributed by atoms with E-state index in [0.29, 0.717) is 39.7 Å². The third kappa shape index (κ3) is 10.3. The van der Waals surface area contributed by atoms with Crippen LogP contribution in [0.4, 0.5) is 0 Å². The number of carbonyl (C=O) groups is 5. The van der Waals surface area contributed by atoms with Gasteiger partial charge in [-0.15, -0.1) is 0 Å². The van der Waals surface area contributed by atoms with Crippen LogP contribution in [0.15, 0.2) is 60.7 Å². The second-order valence-electron chi connectivity index (χ2n) is 14.8. The molecular formula is C43H52N8O9. The molecule has 4 aromatic rings. The summed E-state index contributed by atoms with van der Waals surface area (Å²) in [4.78, 5) is 78.6. The summed E-state index contributed by atoms with van der Waals surface area (Å²) in [6, 6.07) is 11.2. The Balaban J connectivity index is 1.52. The maximum absolute atomic E-state index is 14.5. The Kier molecular flexibility index (Phi) is 14.4. The van der Waals surface area contributed by atoms with Crippen LogP contribution in [0.5, 0.6) is 17.2 Å². The van der Waals surface area contributed by atoms with E-state index < -0.39 is 53.8 Å². The Morgan fingerprint density at radius 2 is 1.62 bits per heavy atom. The molecule has 4 amide bonds. The Bertz CT molecular complexity index is 2230. The van der Waals surface area contributed by atoms with Crippen LogP contribution in [0.25, 0.3) is 22.5 Å². The zero-order valence-electron chi connectivity index (χ0n) is 34.4. The van der Waals surface area contributed by atoms with Gasteiger partial charge in [-0.25, -0.2) is 14.8 Å². The number of aliphatic carboxylic acids is 1. The highest BCUT2D eigenvalue weighted by atomic mass is 16.5. The fraction of sp³-hybridized carbons (Fsp3) is 0.372. The van der Waals surface area contributed by atoms with Crippen molar-refractivity contribution in [1.29, 1.82) is 0 Å². The molecule has 1 unspecified atom stereocenters. The minimum absolute atomic E-state index is 0.00265. The zero-order chi connectivity index (χ0) is 43.8. The SMILES string of the molecule is Cc1nc(-c2ccc(OC(C)C)cc2)nc(C)c1C(=O)NC(CCN)C(=O)N(C)[C@@H]1C(=O)N[C@@H](C)C(=O)N[C@H](C(=O)O)Cc2ccc(O)c(c2)-c2cc1ccc2OCCN. The number of likely N-dealkylation sites (N-methyl/N-ethyl adjacent to an activating group) is 1. The quantitative estimate of drug-likeness (QED) is 0.102. The van der Waals surface area contributed by atoms with E-state index in [9.17, 15) is 34.2 Å². The first-order valence-electron chi connectivity index (χ1n) is 19.5. The summed E-state index contributed by atoms with van der Waals surface area (Å²) in [5.74, 6) is -3.03. The Morgan fingerprint density at radius 1 is 0.933 bits per heavy atom. The van der Waals surface area contributed by atoms with E-state index in [1.807, 2.05) is 38.1 Å². The maximum Gasteiger partial charge on any atom is 0.326 e. The van der Waals surface area contributed by atoms with Gasteiger partial charge >= 0.3 is 5.97 Å². The summed E-state index contributed by atoms with van der Waals surface area (Å²) in [5.41, 5.74) is 14.6. The fourth-order valence-electron chi connectivity index (χ4n) is 6.95. The van der Waals surface area contributed by atoms with Crippen molar-refractivity contribution in [2.24, 2.45) is 11.5 Å². The first-order chi connectivity index (χ1) is 28.5. The van der Waals surface area contributed by atoms with Crippen LogP contribution < -0.4 is 36.9 Å². The molecule has 4 atom stereocenters. The van der Waals surface area contributed by atoms with E-state index in [0.717, 1.165) is 4.90 Å². The van der Waals surface area contributed by atoms with Crippen molar-refractivity contribution in [3.8, 4) is 39.8 Å². The molecule has 0 radical (unpaired) electrons. The molecule has 17 nitrogen and oxygen atoms in total. The molecule has 318 valence electrons. The van der Waals surface area contributed by atoms with Crippen LogP contribution >= 0.6 is 0 Å². The maximum atomic E-state index is 14.5. The van der Waals surface area contributed by atoms with Gasteiger partial charge in [0.25, 0.3) is 5.91 Å². The van der Waals surface area contributed by atoms with E-state index in [-0.39, 0.29) is 66.8 Å². The number of ether oxygens (including phenoxy) is 2. The number of phenols is 1. The molecule has 1 aliphatic heterocycles. The Hall–Kier alpha value is -6.59. The van der Waals surface area contributed by atoms with Gasteiger partial charge in [0, 0.05) is 36.7 Å². The number of carbonyl (C=O) groups excluding carboxylic acids is 4. The molecule has 17 heteroatoms. The largest absolute Gasteiger partial charge is 0.507 e. The molecule has 9 N–H and O–H groups in total. The molecular weight excluding hydrogens is 773 g/mol. The average Bonchev–Trinajstić information content (AvgIpc) is 3.19. The number of benzene rings is 3. The first kappa shape index (κ1) is 44.5. The van der Waals surface area contributed by atoms with Gasteiger partial charge in [0.2, 0.25) is 17.7 Å². The number of hydrogen-bond donors (Lipinski definition) is 7. The number of fused-ring (bicyclic) bond motifs is 5. The third-order valence-corrected chi connectivity index (χ3v) is 9.88. The van der Waals surface area contributed by atoms with Crippen LogP contribution in [-0.2, 0) is 25.6 Å². The number of amides is 4. The summed E-state index contributed by atoms with van der Waals surface area (Å²) in [6.07, 6.45) is -0.153. The number of nitrogens with two attached hydrogens (primary N) is 2. The minimum atomic E-state index is -1.43. The predicted molar refractivity (Wildman–Crippen MR) is 222 cm³/mol. The second-order valence-corrected chi connectivity index (χ2v) is 14.8. The van der Waals surface area contributed by atoms with Crippen molar-refractivity contribution >= 4 is 29.6 Å². The summed E-state index contributed by atoms with van der Waals surface area (Å²) < 4.78 is 11.7. The van der Waals surface area contributed by atoms with Gasteiger partial charge < -0.3 is 52.0 Å². The van der Waals surface area contributed by atoms with Gasteiger partial charge in [0.15, 0.2) is 5.82 Å². The monoisotopic (exact) mass is 824 g/mol. The molecule has 0 aliphatic carbocycles. The third-order valence-electron chi connectivity index (χ3n) is 9.88. The lowest BCUT2D eigenvalue weighted by molar-refractivity contribution is -0.143. The van der Waals surface area contributed by atoms with Crippen molar-refractivity contribution < 1.29 is 43.7 Å². The Labute approximate surface area is 347 Å². The lowest BCUT2D eigenvalue weighted by Gasteiger charge is -2.32. The van der Waals surface area contributed by atoms with Crippen LogP contribution in [0.3, 0.4) is 0 Å². The van der Waals surface area contributed by atoms with Gasteiger partial charge in [0.05, 0.1) is 23.1 Å². The minimum Gasteiger partial charge on any atom is -0.507 e. The lowest BCUT2D eigenvalue weighted by atomic mass is 9.93. The fourth-order valence-corrected chi connectivity index (χ4v) is 6.95. The van der Waals surface area contributed by atoms with E-state index in [2.05, 4.69) is 25.9 Å². The van der Waals surface area contributed by atoms with Crippen molar-refractivity contribution in [2.75, 3.05) is 26.7 Å². The van der Waals surface area contributed by atoms with Gasteiger partial charge in [0.1, 0.15) is 48.0 Å². The van der Waals surface area contributed by atoms with E-state index in [1.54, 1.807) is 38.1 Å². The number of nitrogens with zero attached hydrogens (tertiary/aromatic N) is 3. The topological polar surface area (TPSA) is 261 Å². The highest BCUT2D eigenvalue weighted by molar-refractivity contribution is 6.00. The van der Waals surface area contributed by atoms with Crippen molar-refractivity contribution in [1.82, 2.24) is 30.8 Å². The van der Waals surface area contributed by atoms with Crippen LogP contribution in [0.2, 0.25) is 0 Å². The predicted octanol–water partition coefficient (Wildman–Crippen LogP) is 2.53. The normalized spacial score (nSPS) is 17.1.